The highest BCUT2D eigenvalue weighted by Crippen LogP contribution is 2.64. The van der Waals surface area contributed by atoms with E-state index in [-0.39, 0.29) is 12.0 Å². The number of hydrogen-bond acceptors (Lipinski definition) is 3. The van der Waals surface area contributed by atoms with Crippen molar-refractivity contribution in [1.82, 2.24) is 5.32 Å². The SMILES string of the molecule is COC(=O)C1(F)CNCC12CCC2(C)C. The van der Waals surface area contributed by atoms with Gasteiger partial charge in [-0.25, -0.2) is 9.18 Å². The highest BCUT2D eigenvalue weighted by molar-refractivity contribution is 5.82. The molecule has 86 valence electrons. The van der Waals surface area contributed by atoms with Gasteiger partial charge in [-0.3, -0.25) is 0 Å². The molecule has 1 aliphatic carbocycles. The third-order valence-corrected chi connectivity index (χ3v) is 4.54. The highest BCUT2D eigenvalue weighted by Gasteiger charge is 2.71. The first kappa shape index (κ1) is 10.9. The zero-order valence-electron chi connectivity index (χ0n) is 9.52. The van der Waals surface area contributed by atoms with Crippen LogP contribution in [0.5, 0.6) is 0 Å². The molecule has 2 aliphatic rings. The number of hydrogen-bond donors (Lipinski definition) is 1. The molecule has 0 bridgehead atoms. The molecule has 1 saturated carbocycles. The summed E-state index contributed by atoms with van der Waals surface area (Å²) in [4.78, 5) is 11.6. The predicted octanol–water partition coefficient (Wildman–Crippen LogP) is 1.28. The molecule has 0 aromatic heterocycles. The minimum atomic E-state index is -1.84. The molecule has 1 saturated heterocycles. The van der Waals surface area contributed by atoms with E-state index in [1.165, 1.54) is 7.11 Å². The van der Waals surface area contributed by atoms with Gasteiger partial charge in [-0.2, -0.15) is 0 Å². The van der Waals surface area contributed by atoms with Crippen molar-refractivity contribution >= 4 is 5.97 Å². The number of methoxy groups -OCH3 is 1. The first-order chi connectivity index (χ1) is 6.90. The molecule has 1 N–H and O–H groups in total. The van der Waals surface area contributed by atoms with Crippen molar-refractivity contribution < 1.29 is 13.9 Å². The normalized spacial score (nSPS) is 42.7. The predicted molar refractivity (Wildman–Crippen MR) is 54.2 cm³/mol. The fraction of sp³-hybridized carbons (Fsp3) is 0.909. The summed E-state index contributed by atoms with van der Waals surface area (Å²) in [5.74, 6) is -0.722. The number of alkyl halides is 1. The van der Waals surface area contributed by atoms with Crippen molar-refractivity contribution in [2.24, 2.45) is 10.8 Å². The average molecular weight is 215 g/mol. The molecule has 2 fully saturated rings. The molecule has 1 heterocycles. The molecular formula is C11H18FNO2. The largest absolute Gasteiger partial charge is 0.467 e. The fourth-order valence-corrected chi connectivity index (χ4v) is 3.18. The zero-order chi connectivity index (χ0) is 11.3. The Balaban J connectivity index is 2.37. The molecule has 0 aromatic rings. The van der Waals surface area contributed by atoms with E-state index in [4.69, 9.17) is 0 Å². The molecule has 1 spiro atoms. The van der Waals surface area contributed by atoms with E-state index >= 15 is 0 Å². The maximum absolute atomic E-state index is 14.8. The van der Waals surface area contributed by atoms with E-state index in [0.29, 0.717) is 6.54 Å². The van der Waals surface area contributed by atoms with Crippen LogP contribution in [0.3, 0.4) is 0 Å². The van der Waals surface area contributed by atoms with Crippen LogP contribution in [0.25, 0.3) is 0 Å². The third-order valence-electron chi connectivity index (χ3n) is 4.54. The summed E-state index contributed by atoms with van der Waals surface area (Å²) < 4.78 is 19.4. The summed E-state index contributed by atoms with van der Waals surface area (Å²) in [6.07, 6.45) is 1.73. The summed E-state index contributed by atoms with van der Waals surface area (Å²) in [7, 11) is 1.25. The second kappa shape index (κ2) is 2.94. The molecule has 0 aromatic carbocycles. The van der Waals surface area contributed by atoms with E-state index < -0.39 is 17.1 Å². The average Bonchev–Trinajstić information content (AvgIpc) is 2.57. The molecule has 15 heavy (non-hydrogen) atoms. The van der Waals surface area contributed by atoms with Gasteiger partial charge in [0.2, 0.25) is 5.67 Å². The van der Waals surface area contributed by atoms with Gasteiger partial charge in [0.15, 0.2) is 0 Å². The van der Waals surface area contributed by atoms with Gasteiger partial charge in [0.25, 0.3) is 0 Å². The summed E-state index contributed by atoms with van der Waals surface area (Å²) in [5, 5.41) is 3.00. The first-order valence-corrected chi connectivity index (χ1v) is 5.38. The smallest absolute Gasteiger partial charge is 0.345 e. The minimum Gasteiger partial charge on any atom is -0.467 e. The van der Waals surface area contributed by atoms with Gasteiger partial charge < -0.3 is 10.1 Å². The van der Waals surface area contributed by atoms with Gasteiger partial charge in [0, 0.05) is 18.5 Å². The summed E-state index contributed by atoms with van der Waals surface area (Å²) in [6, 6.07) is 0. The number of halogens is 1. The summed E-state index contributed by atoms with van der Waals surface area (Å²) in [5.41, 5.74) is -2.53. The van der Waals surface area contributed by atoms with Crippen molar-refractivity contribution in [2.75, 3.05) is 20.2 Å². The lowest BCUT2D eigenvalue weighted by Gasteiger charge is -2.58. The Morgan fingerprint density at radius 2 is 2.00 bits per heavy atom. The Hall–Kier alpha value is -0.640. The Labute approximate surface area is 89.4 Å². The molecular weight excluding hydrogens is 197 g/mol. The number of esters is 1. The molecule has 3 nitrogen and oxygen atoms in total. The van der Waals surface area contributed by atoms with Crippen LogP contribution in [0.15, 0.2) is 0 Å². The van der Waals surface area contributed by atoms with Crippen LogP contribution >= 0.6 is 0 Å². The van der Waals surface area contributed by atoms with Crippen LogP contribution in [0, 0.1) is 10.8 Å². The third kappa shape index (κ3) is 1.06. The second-order valence-corrected chi connectivity index (χ2v) is 5.36. The Morgan fingerprint density at radius 3 is 2.40 bits per heavy atom. The fourth-order valence-electron chi connectivity index (χ4n) is 3.18. The van der Waals surface area contributed by atoms with Crippen molar-refractivity contribution in [3.8, 4) is 0 Å². The minimum absolute atomic E-state index is 0.0864. The monoisotopic (exact) mass is 215 g/mol. The molecule has 0 radical (unpaired) electrons. The number of carbonyl (C=O) groups excluding carboxylic acids is 1. The van der Waals surface area contributed by atoms with E-state index in [9.17, 15) is 9.18 Å². The maximum atomic E-state index is 14.8. The Bertz CT molecular complexity index is 305. The van der Waals surface area contributed by atoms with Gasteiger partial charge >= 0.3 is 5.97 Å². The van der Waals surface area contributed by atoms with E-state index in [1.807, 2.05) is 13.8 Å². The van der Waals surface area contributed by atoms with E-state index in [2.05, 4.69) is 10.1 Å². The molecule has 1 aliphatic heterocycles. The number of rotatable bonds is 1. The van der Waals surface area contributed by atoms with Gasteiger partial charge in [0.05, 0.1) is 7.11 Å². The van der Waals surface area contributed by atoms with Crippen LogP contribution in [0.4, 0.5) is 4.39 Å². The van der Waals surface area contributed by atoms with Gasteiger partial charge in [-0.05, 0) is 18.3 Å². The highest BCUT2D eigenvalue weighted by atomic mass is 19.1. The molecule has 0 amide bonds. The topological polar surface area (TPSA) is 38.3 Å². The lowest BCUT2D eigenvalue weighted by molar-refractivity contribution is -0.185. The number of carbonyl (C=O) groups is 1. The first-order valence-electron chi connectivity index (χ1n) is 5.38. The van der Waals surface area contributed by atoms with Crippen molar-refractivity contribution in [3.63, 3.8) is 0 Å². The standard InChI is InChI=1S/C11H18FNO2/c1-9(2)4-5-10(9)6-13-7-11(10,12)8(14)15-3/h13H,4-7H2,1-3H3. The Morgan fingerprint density at radius 1 is 1.33 bits per heavy atom. The lowest BCUT2D eigenvalue weighted by Crippen LogP contribution is -2.63. The molecule has 2 atom stereocenters. The van der Waals surface area contributed by atoms with Gasteiger partial charge in [-0.1, -0.05) is 13.8 Å². The quantitative estimate of drug-likeness (QED) is 0.670. The number of ether oxygens (including phenoxy) is 1. The van der Waals surface area contributed by atoms with Crippen molar-refractivity contribution in [1.29, 1.82) is 0 Å². The van der Waals surface area contributed by atoms with Crippen LogP contribution in [-0.2, 0) is 9.53 Å². The van der Waals surface area contributed by atoms with Crippen LogP contribution < -0.4 is 5.32 Å². The van der Waals surface area contributed by atoms with Crippen LogP contribution in [0.1, 0.15) is 26.7 Å². The molecule has 2 rings (SSSR count). The summed E-state index contributed by atoms with van der Waals surface area (Å²) in [6.45, 7) is 4.72. The van der Waals surface area contributed by atoms with E-state index in [0.717, 1.165) is 12.8 Å². The lowest BCUT2D eigenvalue weighted by atomic mass is 9.46. The second-order valence-electron chi connectivity index (χ2n) is 5.36. The van der Waals surface area contributed by atoms with Gasteiger partial charge in [0.1, 0.15) is 0 Å². The molecule has 2 unspecified atom stereocenters. The maximum Gasteiger partial charge on any atom is 0.345 e. The van der Waals surface area contributed by atoms with Crippen LogP contribution in [0.2, 0.25) is 0 Å². The Kier molecular flexibility index (Phi) is 2.13. The van der Waals surface area contributed by atoms with Crippen LogP contribution in [-0.4, -0.2) is 31.8 Å². The van der Waals surface area contributed by atoms with Crippen molar-refractivity contribution in [3.05, 3.63) is 0 Å². The van der Waals surface area contributed by atoms with Gasteiger partial charge in [-0.15, -0.1) is 0 Å². The van der Waals surface area contributed by atoms with E-state index in [1.54, 1.807) is 0 Å². The summed E-state index contributed by atoms with van der Waals surface area (Å²) >= 11 is 0. The zero-order valence-corrected chi connectivity index (χ0v) is 9.52. The molecule has 4 heteroatoms. The van der Waals surface area contributed by atoms with Crippen molar-refractivity contribution in [2.45, 2.75) is 32.4 Å². The number of nitrogens with one attached hydrogen (secondary N) is 1.